The molecule has 0 saturated heterocycles. The van der Waals surface area contributed by atoms with E-state index in [0.29, 0.717) is 5.92 Å². The fourth-order valence-corrected chi connectivity index (χ4v) is 1.37. The van der Waals surface area contributed by atoms with Gasteiger partial charge in [-0.15, -0.1) is 0 Å². The monoisotopic (exact) mass is 207 g/mol. The van der Waals surface area contributed by atoms with E-state index in [1.165, 1.54) is 5.56 Å². The molecule has 0 aliphatic carbocycles. The first-order valence-electron chi connectivity index (χ1n) is 5.53. The van der Waals surface area contributed by atoms with Gasteiger partial charge in [0.25, 0.3) is 0 Å². The molecule has 0 aliphatic heterocycles. The molecule has 2 atom stereocenters. The summed E-state index contributed by atoms with van der Waals surface area (Å²) in [4.78, 5) is 0. The zero-order valence-corrected chi connectivity index (χ0v) is 10.0. The van der Waals surface area contributed by atoms with E-state index in [9.17, 15) is 0 Å². The molecule has 2 N–H and O–H groups in total. The SMILES string of the molecule is CC(C)c1ccccc1OC(C)C(C)N. The summed E-state index contributed by atoms with van der Waals surface area (Å²) in [5.41, 5.74) is 7.03. The van der Waals surface area contributed by atoms with E-state index in [-0.39, 0.29) is 12.1 Å². The Morgan fingerprint density at radius 1 is 1.07 bits per heavy atom. The van der Waals surface area contributed by atoms with Crippen molar-refractivity contribution in [2.24, 2.45) is 5.73 Å². The molecule has 0 amide bonds. The van der Waals surface area contributed by atoms with E-state index in [0.717, 1.165) is 5.75 Å². The number of rotatable bonds is 4. The quantitative estimate of drug-likeness (QED) is 0.824. The van der Waals surface area contributed by atoms with Crippen molar-refractivity contribution in [3.05, 3.63) is 29.8 Å². The smallest absolute Gasteiger partial charge is 0.123 e. The van der Waals surface area contributed by atoms with Crippen LogP contribution in [-0.4, -0.2) is 12.1 Å². The molecule has 15 heavy (non-hydrogen) atoms. The first-order chi connectivity index (χ1) is 7.02. The highest BCUT2D eigenvalue weighted by molar-refractivity contribution is 5.35. The van der Waals surface area contributed by atoms with Gasteiger partial charge in [-0.2, -0.15) is 0 Å². The van der Waals surface area contributed by atoms with Crippen LogP contribution in [0.3, 0.4) is 0 Å². The Balaban J connectivity index is 2.84. The van der Waals surface area contributed by atoms with Crippen molar-refractivity contribution in [3.63, 3.8) is 0 Å². The lowest BCUT2D eigenvalue weighted by atomic mass is 10.0. The molecule has 1 rings (SSSR count). The summed E-state index contributed by atoms with van der Waals surface area (Å²) in [7, 11) is 0. The van der Waals surface area contributed by atoms with Crippen LogP contribution in [0.4, 0.5) is 0 Å². The predicted molar refractivity (Wildman–Crippen MR) is 64.3 cm³/mol. The average molecular weight is 207 g/mol. The molecule has 0 heterocycles. The molecule has 1 aromatic carbocycles. The molecular weight excluding hydrogens is 186 g/mol. The molecule has 0 aliphatic rings. The third kappa shape index (κ3) is 3.24. The maximum atomic E-state index is 5.84. The molecule has 0 radical (unpaired) electrons. The van der Waals surface area contributed by atoms with Crippen molar-refractivity contribution < 1.29 is 4.74 Å². The van der Waals surface area contributed by atoms with Crippen molar-refractivity contribution in [1.29, 1.82) is 0 Å². The van der Waals surface area contributed by atoms with Gasteiger partial charge in [0, 0.05) is 6.04 Å². The van der Waals surface area contributed by atoms with Crippen LogP contribution in [0.5, 0.6) is 5.75 Å². The van der Waals surface area contributed by atoms with Crippen LogP contribution < -0.4 is 10.5 Å². The van der Waals surface area contributed by atoms with E-state index in [1.807, 2.05) is 32.0 Å². The number of benzene rings is 1. The maximum absolute atomic E-state index is 5.84. The maximum Gasteiger partial charge on any atom is 0.123 e. The van der Waals surface area contributed by atoms with Gasteiger partial charge in [-0.25, -0.2) is 0 Å². The molecule has 0 bridgehead atoms. The molecule has 2 nitrogen and oxygen atoms in total. The Kier molecular flexibility index (Phi) is 4.15. The lowest BCUT2D eigenvalue weighted by Gasteiger charge is -2.21. The highest BCUT2D eigenvalue weighted by Gasteiger charge is 2.12. The molecule has 0 spiro atoms. The molecule has 0 fully saturated rings. The van der Waals surface area contributed by atoms with Crippen LogP contribution in [0.2, 0.25) is 0 Å². The first kappa shape index (κ1) is 12.1. The number of ether oxygens (including phenoxy) is 1. The number of hydrogen-bond acceptors (Lipinski definition) is 2. The second kappa shape index (κ2) is 5.17. The molecule has 2 unspecified atom stereocenters. The lowest BCUT2D eigenvalue weighted by Crippen LogP contribution is -2.33. The van der Waals surface area contributed by atoms with Crippen LogP contribution in [0.15, 0.2) is 24.3 Å². The van der Waals surface area contributed by atoms with Crippen LogP contribution >= 0.6 is 0 Å². The van der Waals surface area contributed by atoms with Gasteiger partial charge in [0.2, 0.25) is 0 Å². The van der Waals surface area contributed by atoms with E-state index < -0.39 is 0 Å². The number of nitrogens with two attached hydrogens (primary N) is 1. The van der Waals surface area contributed by atoms with Crippen molar-refractivity contribution in [1.82, 2.24) is 0 Å². The number of hydrogen-bond donors (Lipinski definition) is 1. The summed E-state index contributed by atoms with van der Waals surface area (Å²) in [5, 5.41) is 0. The van der Waals surface area contributed by atoms with Crippen LogP contribution in [-0.2, 0) is 0 Å². The van der Waals surface area contributed by atoms with Gasteiger partial charge in [0.1, 0.15) is 11.9 Å². The Labute approximate surface area is 92.4 Å². The second-order valence-electron chi connectivity index (χ2n) is 4.37. The number of para-hydroxylation sites is 1. The molecular formula is C13H21NO. The largest absolute Gasteiger partial charge is 0.489 e. The Bertz CT molecular complexity index is 307. The third-order valence-corrected chi connectivity index (χ3v) is 2.59. The molecule has 0 saturated carbocycles. The minimum Gasteiger partial charge on any atom is -0.489 e. The topological polar surface area (TPSA) is 35.2 Å². The van der Waals surface area contributed by atoms with Gasteiger partial charge < -0.3 is 10.5 Å². The predicted octanol–water partition coefficient (Wildman–Crippen LogP) is 2.92. The van der Waals surface area contributed by atoms with Gasteiger partial charge in [-0.05, 0) is 31.4 Å². The van der Waals surface area contributed by atoms with Crippen LogP contribution in [0, 0.1) is 0 Å². The fraction of sp³-hybridized carbons (Fsp3) is 0.538. The minimum absolute atomic E-state index is 0.0462. The average Bonchev–Trinajstić information content (AvgIpc) is 2.18. The summed E-state index contributed by atoms with van der Waals surface area (Å²) >= 11 is 0. The fourth-order valence-electron chi connectivity index (χ4n) is 1.37. The second-order valence-corrected chi connectivity index (χ2v) is 4.37. The highest BCUT2D eigenvalue weighted by atomic mass is 16.5. The van der Waals surface area contributed by atoms with Gasteiger partial charge in [-0.3, -0.25) is 0 Å². The van der Waals surface area contributed by atoms with Gasteiger partial charge >= 0.3 is 0 Å². The summed E-state index contributed by atoms with van der Waals surface area (Å²) in [6, 6.07) is 8.20. The van der Waals surface area contributed by atoms with Crippen molar-refractivity contribution in [3.8, 4) is 5.75 Å². The van der Waals surface area contributed by atoms with E-state index in [2.05, 4.69) is 19.9 Å². The van der Waals surface area contributed by atoms with Crippen molar-refractivity contribution >= 4 is 0 Å². The van der Waals surface area contributed by atoms with Crippen molar-refractivity contribution in [2.75, 3.05) is 0 Å². The van der Waals surface area contributed by atoms with E-state index in [4.69, 9.17) is 10.5 Å². The first-order valence-corrected chi connectivity index (χ1v) is 5.53. The molecule has 2 heteroatoms. The zero-order chi connectivity index (χ0) is 11.4. The summed E-state index contributed by atoms with van der Waals surface area (Å²) in [6.45, 7) is 8.29. The van der Waals surface area contributed by atoms with Gasteiger partial charge in [0.05, 0.1) is 0 Å². The van der Waals surface area contributed by atoms with Crippen molar-refractivity contribution in [2.45, 2.75) is 45.8 Å². The highest BCUT2D eigenvalue weighted by Crippen LogP contribution is 2.26. The molecule has 84 valence electrons. The minimum atomic E-state index is 0.0462. The van der Waals surface area contributed by atoms with E-state index >= 15 is 0 Å². The third-order valence-electron chi connectivity index (χ3n) is 2.59. The summed E-state index contributed by atoms with van der Waals surface area (Å²) in [5.74, 6) is 1.43. The summed E-state index contributed by atoms with van der Waals surface area (Å²) in [6.07, 6.45) is 0.0462. The van der Waals surface area contributed by atoms with Crippen LogP contribution in [0.1, 0.15) is 39.2 Å². The van der Waals surface area contributed by atoms with Gasteiger partial charge in [0.15, 0.2) is 0 Å². The standard InChI is InChI=1S/C13H21NO/c1-9(2)12-7-5-6-8-13(12)15-11(4)10(3)14/h5-11H,14H2,1-4H3. The zero-order valence-electron chi connectivity index (χ0n) is 10.0. The molecule has 0 aromatic heterocycles. The lowest BCUT2D eigenvalue weighted by molar-refractivity contribution is 0.194. The Hall–Kier alpha value is -1.02. The Morgan fingerprint density at radius 3 is 2.20 bits per heavy atom. The Morgan fingerprint density at radius 2 is 1.67 bits per heavy atom. The molecule has 1 aromatic rings. The van der Waals surface area contributed by atoms with Gasteiger partial charge in [-0.1, -0.05) is 32.0 Å². The summed E-state index contributed by atoms with van der Waals surface area (Å²) < 4.78 is 5.84. The van der Waals surface area contributed by atoms with E-state index in [1.54, 1.807) is 0 Å². The normalized spacial score (nSPS) is 15.1. The van der Waals surface area contributed by atoms with Crippen LogP contribution in [0.25, 0.3) is 0 Å².